The predicted molar refractivity (Wildman–Crippen MR) is 119 cm³/mol. The second-order valence-corrected chi connectivity index (χ2v) is 7.19. The highest BCUT2D eigenvalue weighted by molar-refractivity contribution is 5.70. The van der Waals surface area contributed by atoms with Crippen molar-refractivity contribution < 1.29 is 0 Å². The maximum absolute atomic E-state index is 4.01. The molecule has 0 fully saturated rings. The molecule has 0 aromatic heterocycles. The minimum absolute atomic E-state index is 0.609. The van der Waals surface area contributed by atoms with Crippen LogP contribution in [0.15, 0.2) is 42.5 Å². The fraction of sp³-hybridized carbons (Fsp3) is 0.500. The summed E-state index contributed by atoms with van der Waals surface area (Å²) >= 11 is 0. The lowest BCUT2D eigenvalue weighted by Gasteiger charge is -2.20. The molecule has 1 atom stereocenters. The zero-order valence-electron chi connectivity index (χ0n) is 17.7. The van der Waals surface area contributed by atoms with E-state index in [9.17, 15) is 0 Å². The molecule has 0 aliphatic heterocycles. The number of rotatable bonds is 11. The van der Waals surface area contributed by atoms with Crippen LogP contribution in [0.1, 0.15) is 50.8 Å². The first kappa shape index (κ1) is 22.2. The Morgan fingerprint density at radius 2 is 1.96 bits per heavy atom. The standard InChI is InChI=1S/C24H38N2/c1-8-20(18-25-11-4)14-12-13-19(5)15-21-16-22(9-2)23(10-3)24(17-21)26(6)7/h10,12-14,16-17,20,25H,3,8-9,11,15,18H2,1-2,4-7H3/b14-12+,19-13+. The third-order valence-electron chi connectivity index (χ3n) is 4.80. The first-order valence-corrected chi connectivity index (χ1v) is 9.96. The molecule has 0 saturated heterocycles. The van der Waals surface area contributed by atoms with Crippen LogP contribution in [0.25, 0.3) is 6.08 Å². The zero-order valence-corrected chi connectivity index (χ0v) is 17.7. The molecule has 0 saturated carbocycles. The molecular formula is C24H38N2. The van der Waals surface area contributed by atoms with E-state index in [4.69, 9.17) is 0 Å². The molecule has 1 unspecified atom stereocenters. The van der Waals surface area contributed by atoms with E-state index < -0.39 is 0 Å². The first-order chi connectivity index (χ1) is 12.5. The van der Waals surface area contributed by atoms with Crippen LogP contribution >= 0.6 is 0 Å². The van der Waals surface area contributed by atoms with Gasteiger partial charge in [-0.25, -0.2) is 0 Å². The lowest BCUT2D eigenvalue weighted by Crippen LogP contribution is -2.20. The summed E-state index contributed by atoms with van der Waals surface area (Å²) in [5.41, 5.74) is 6.66. The second-order valence-electron chi connectivity index (χ2n) is 7.19. The fourth-order valence-corrected chi connectivity index (χ4v) is 3.20. The van der Waals surface area contributed by atoms with Gasteiger partial charge in [-0.3, -0.25) is 0 Å². The average Bonchev–Trinajstić information content (AvgIpc) is 2.63. The number of allylic oxidation sites excluding steroid dienone is 3. The van der Waals surface area contributed by atoms with E-state index in [1.165, 1.54) is 34.4 Å². The molecule has 0 aliphatic carbocycles. The van der Waals surface area contributed by atoms with Crippen molar-refractivity contribution in [3.63, 3.8) is 0 Å². The van der Waals surface area contributed by atoms with Crippen molar-refractivity contribution in [3.8, 4) is 0 Å². The van der Waals surface area contributed by atoms with Crippen molar-refractivity contribution in [2.45, 2.75) is 47.0 Å². The summed E-state index contributed by atoms with van der Waals surface area (Å²) in [5.74, 6) is 0.609. The van der Waals surface area contributed by atoms with E-state index >= 15 is 0 Å². The van der Waals surface area contributed by atoms with Crippen LogP contribution in [0.4, 0.5) is 5.69 Å². The Morgan fingerprint density at radius 1 is 1.23 bits per heavy atom. The van der Waals surface area contributed by atoms with Gasteiger partial charge < -0.3 is 10.2 Å². The van der Waals surface area contributed by atoms with Crippen LogP contribution < -0.4 is 10.2 Å². The van der Waals surface area contributed by atoms with Crippen LogP contribution in [-0.2, 0) is 12.8 Å². The summed E-state index contributed by atoms with van der Waals surface area (Å²) in [5, 5.41) is 3.43. The summed E-state index contributed by atoms with van der Waals surface area (Å²) in [7, 11) is 4.21. The molecule has 0 radical (unpaired) electrons. The Morgan fingerprint density at radius 3 is 2.50 bits per heavy atom. The van der Waals surface area contributed by atoms with Crippen LogP contribution in [0.5, 0.6) is 0 Å². The average molecular weight is 355 g/mol. The Bertz CT molecular complexity index is 623. The maximum Gasteiger partial charge on any atom is 0.0440 e. The molecule has 1 aromatic carbocycles. The van der Waals surface area contributed by atoms with Crippen molar-refractivity contribution in [1.29, 1.82) is 0 Å². The van der Waals surface area contributed by atoms with Gasteiger partial charge in [0, 0.05) is 31.9 Å². The number of aryl methyl sites for hydroxylation is 1. The van der Waals surface area contributed by atoms with Gasteiger partial charge in [-0.05, 0) is 55.8 Å². The van der Waals surface area contributed by atoms with Crippen molar-refractivity contribution in [2.75, 3.05) is 32.1 Å². The predicted octanol–water partition coefficient (Wildman–Crippen LogP) is 5.64. The summed E-state index contributed by atoms with van der Waals surface area (Å²) in [6.45, 7) is 14.9. The summed E-state index contributed by atoms with van der Waals surface area (Å²) < 4.78 is 0. The number of nitrogens with zero attached hydrogens (tertiary/aromatic N) is 1. The van der Waals surface area contributed by atoms with E-state index in [1.807, 2.05) is 6.08 Å². The summed E-state index contributed by atoms with van der Waals surface area (Å²) in [4.78, 5) is 2.19. The molecule has 0 aliphatic rings. The van der Waals surface area contributed by atoms with E-state index in [-0.39, 0.29) is 0 Å². The lowest BCUT2D eigenvalue weighted by molar-refractivity contribution is 0.556. The highest BCUT2D eigenvalue weighted by Crippen LogP contribution is 2.27. The van der Waals surface area contributed by atoms with Crippen LogP contribution in [0, 0.1) is 5.92 Å². The molecule has 2 nitrogen and oxygen atoms in total. The number of hydrogen-bond acceptors (Lipinski definition) is 2. The molecular weight excluding hydrogens is 316 g/mol. The second kappa shape index (κ2) is 11.7. The molecule has 0 bridgehead atoms. The van der Waals surface area contributed by atoms with Crippen LogP contribution in [0.2, 0.25) is 0 Å². The number of hydrogen-bond donors (Lipinski definition) is 1. The van der Waals surface area contributed by atoms with E-state index in [0.717, 1.165) is 25.9 Å². The number of nitrogens with one attached hydrogen (secondary N) is 1. The van der Waals surface area contributed by atoms with Gasteiger partial charge in [0.25, 0.3) is 0 Å². The molecule has 0 spiro atoms. The third kappa shape index (κ3) is 6.84. The monoisotopic (exact) mass is 354 g/mol. The highest BCUT2D eigenvalue weighted by atomic mass is 15.1. The summed E-state index contributed by atoms with van der Waals surface area (Å²) in [6, 6.07) is 4.64. The van der Waals surface area contributed by atoms with Crippen LogP contribution in [-0.4, -0.2) is 27.2 Å². The Labute approximate surface area is 161 Å². The van der Waals surface area contributed by atoms with Gasteiger partial charge in [-0.1, -0.05) is 63.3 Å². The largest absolute Gasteiger partial charge is 0.377 e. The molecule has 0 amide bonds. The smallest absolute Gasteiger partial charge is 0.0440 e. The normalized spacial score (nSPS) is 13.2. The number of anilines is 1. The molecule has 26 heavy (non-hydrogen) atoms. The quantitative estimate of drug-likeness (QED) is 0.517. The van der Waals surface area contributed by atoms with E-state index in [1.54, 1.807) is 0 Å². The lowest BCUT2D eigenvalue weighted by atomic mass is 9.95. The Hall–Kier alpha value is -1.80. The van der Waals surface area contributed by atoms with Crippen molar-refractivity contribution in [3.05, 3.63) is 59.2 Å². The highest BCUT2D eigenvalue weighted by Gasteiger charge is 2.09. The topological polar surface area (TPSA) is 15.3 Å². The van der Waals surface area contributed by atoms with Gasteiger partial charge in [0.05, 0.1) is 0 Å². The number of benzene rings is 1. The molecule has 1 aromatic rings. The Kier molecular flexibility index (Phi) is 10.0. The van der Waals surface area contributed by atoms with Crippen molar-refractivity contribution >= 4 is 11.8 Å². The molecule has 1 rings (SSSR count). The minimum Gasteiger partial charge on any atom is -0.377 e. The van der Waals surface area contributed by atoms with E-state index in [0.29, 0.717) is 5.92 Å². The van der Waals surface area contributed by atoms with Gasteiger partial charge in [0.15, 0.2) is 0 Å². The van der Waals surface area contributed by atoms with Gasteiger partial charge in [-0.15, -0.1) is 0 Å². The molecule has 2 heteroatoms. The maximum atomic E-state index is 4.01. The van der Waals surface area contributed by atoms with Crippen LogP contribution in [0.3, 0.4) is 0 Å². The van der Waals surface area contributed by atoms with Gasteiger partial charge in [0.2, 0.25) is 0 Å². The summed E-state index contributed by atoms with van der Waals surface area (Å²) in [6.07, 6.45) is 12.0. The zero-order chi connectivity index (χ0) is 19.5. The van der Waals surface area contributed by atoms with E-state index in [2.05, 4.69) is 88.9 Å². The fourth-order valence-electron chi connectivity index (χ4n) is 3.20. The SMILES string of the molecule is C=Cc1c(CC)cc(C/C(C)=C/C=C/C(CC)CNCC)cc1N(C)C. The molecule has 144 valence electrons. The molecule has 1 N–H and O–H groups in total. The van der Waals surface area contributed by atoms with Crippen molar-refractivity contribution in [2.24, 2.45) is 5.92 Å². The Balaban J connectivity index is 2.93. The molecule has 0 heterocycles. The van der Waals surface area contributed by atoms with Crippen molar-refractivity contribution in [1.82, 2.24) is 5.32 Å². The van der Waals surface area contributed by atoms with Gasteiger partial charge in [-0.2, -0.15) is 0 Å². The van der Waals surface area contributed by atoms with Gasteiger partial charge >= 0.3 is 0 Å². The first-order valence-electron chi connectivity index (χ1n) is 9.96. The van der Waals surface area contributed by atoms with Gasteiger partial charge in [0.1, 0.15) is 0 Å². The third-order valence-corrected chi connectivity index (χ3v) is 4.80. The minimum atomic E-state index is 0.609.